The van der Waals surface area contributed by atoms with Crippen LogP contribution >= 0.6 is 11.6 Å². The molecule has 9 nitrogen and oxygen atoms in total. The van der Waals surface area contributed by atoms with Gasteiger partial charge in [0.2, 0.25) is 5.95 Å². The summed E-state index contributed by atoms with van der Waals surface area (Å²) in [6, 6.07) is 18.2. The molecule has 0 saturated carbocycles. The van der Waals surface area contributed by atoms with Gasteiger partial charge in [-0.25, -0.2) is 9.98 Å². The van der Waals surface area contributed by atoms with Gasteiger partial charge in [-0.2, -0.15) is 0 Å². The van der Waals surface area contributed by atoms with Crippen LogP contribution in [0.3, 0.4) is 0 Å². The van der Waals surface area contributed by atoms with Crippen LogP contribution in [0, 0.1) is 0 Å². The fraction of sp³-hybridized carbons (Fsp3) is 0.160. The monoisotopic (exact) mass is 488 g/mol. The number of amides is 1. The lowest BCUT2D eigenvalue weighted by Gasteiger charge is -2.24. The van der Waals surface area contributed by atoms with E-state index in [2.05, 4.69) is 15.6 Å². The first-order valence-corrected chi connectivity index (χ1v) is 11.5. The zero-order valence-corrected chi connectivity index (χ0v) is 19.2. The summed E-state index contributed by atoms with van der Waals surface area (Å²) >= 11 is 6.19. The van der Waals surface area contributed by atoms with E-state index in [1.807, 2.05) is 41.0 Å². The second-order valence-corrected chi connectivity index (χ2v) is 8.62. The number of benzene rings is 3. The molecule has 0 bridgehead atoms. The largest absolute Gasteiger partial charge is 0.489 e. The molecule has 0 saturated heterocycles. The average Bonchev–Trinajstić information content (AvgIpc) is 3.03. The molecule has 6 rings (SSSR count). The van der Waals surface area contributed by atoms with Crippen LogP contribution < -0.4 is 25.8 Å². The van der Waals surface area contributed by atoms with Gasteiger partial charge in [0.15, 0.2) is 23.6 Å². The number of nitrogens with zero attached hydrogens (tertiary/aromatic N) is 3. The summed E-state index contributed by atoms with van der Waals surface area (Å²) < 4.78 is 13.7. The first kappa shape index (κ1) is 21.3. The molecule has 0 aliphatic carbocycles. The van der Waals surface area contributed by atoms with Gasteiger partial charge in [0, 0.05) is 24.2 Å². The molecule has 1 unspecified atom stereocenters. The molecule has 35 heavy (non-hydrogen) atoms. The van der Waals surface area contributed by atoms with Crippen molar-refractivity contribution in [3.8, 4) is 11.5 Å². The number of ether oxygens (including phenoxy) is 2. The summed E-state index contributed by atoms with van der Waals surface area (Å²) in [4.78, 5) is 22.1. The molecule has 4 aromatic rings. The highest BCUT2D eigenvalue weighted by Gasteiger charge is 2.27. The number of carbonyl (C=O) groups is 1. The summed E-state index contributed by atoms with van der Waals surface area (Å²) in [5.41, 5.74) is 9.48. The lowest BCUT2D eigenvalue weighted by atomic mass is 10.1. The van der Waals surface area contributed by atoms with Crippen LogP contribution in [0.25, 0.3) is 11.0 Å². The number of nitrogens with one attached hydrogen (secondary N) is 2. The maximum absolute atomic E-state index is 12.8. The third-order valence-corrected chi connectivity index (χ3v) is 6.20. The topological polar surface area (TPSA) is 116 Å². The van der Waals surface area contributed by atoms with Gasteiger partial charge in [-0.3, -0.25) is 14.7 Å². The molecule has 2 aliphatic heterocycles. The number of nitrogens with two attached hydrogens (primary N) is 1. The van der Waals surface area contributed by atoms with Crippen molar-refractivity contribution >= 4 is 46.1 Å². The van der Waals surface area contributed by atoms with Crippen molar-refractivity contribution in [2.24, 2.45) is 10.7 Å². The molecule has 0 radical (unpaired) electrons. The zero-order valence-electron chi connectivity index (χ0n) is 18.5. The third kappa shape index (κ3) is 3.89. The van der Waals surface area contributed by atoms with Gasteiger partial charge in [0.1, 0.15) is 0 Å². The summed E-state index contributed by atoms with van der Waals surface area (Å²) in [7, 11) is 0. The highest BCUT2D eigenvalue weighted by atomic mass is 35.5. The van der Waals surface area contributed by atoms with Crippen molar-refractivity contribution in [1.29, 1.82) is 0 Å². The van der Waals surface area contributed by atoms with E-state index >= 15 is 0 Å². The summed E-state index contributed by atoms with van der Waals surface area (Å²) in [5.74, 6) is 1.84. The Morgan fingerprint density at radius 3 is 2.71 bits per heavy atom. The van der Waals surface area contributed by atoms with Crippen LogP contribution in [-0.4, -0.2) is 34.6 Å². The van der Waals surface area contributed by atoms with Crippen LogP contribution in [0.15, 0.2) is 65.7 Å². The molecule has 3 heterocycles. The lowest BCUT2D eigenvalue weighted by molar-refractivity contribution is 0.102. The average molecular weight is 489 g/mol. The van der Waals surface area contributed by atoms with Gasteiger partial charge in [-0.1, -0.05) is 35.9 Å². The Morgan fingerprint density at radius 1 is 1.09 bits per heavy atom. The van der Waals surface area contributed by atoms with Gasteiger partial charge in [-0.05, 0) is 29.8 Å². The molecule has 1 aromatic heterocycles. The number of carbonyl (C=O) groups excluding carboxylic acids is 1. The molecule has 3 aromatic carbocycles. The fourth-order valence-electron chi connectivity index (χ4n) is 4.27. The van der Waals surface area contributed by atoms with Gasteiger partial charge in [-0.15, -0.1) is 0 Å². The van der Waals surface area contributed by atoms with Crippen molar-refractivity contribution in [1.82, 2.24) is 9.55 Å². The maximum atomic E-state index is 12.8. The third-order valence-electron chi connectivity index (χ3n) is 5.87. The van der Waals surface area contributed by atoms with Crippen LogP contribution in [0.5, 0.6) is 11.5 Å². The summed E-state index contributed by atoms with van der Waals surface area (Å²) in [6.45, 7) is 1.18. The molecule has 176 valence electrons. The van der Waals surface area contributed by atoms with Gasteiger partial charge < -0.3 is 20.5 Å². The highest BCUT2D eigenvalue weighted by molar-refractivity contribution is 6.34. The van der Waals surface area contributed by atoms with Gasteiger partial charge in [0.25, 0.3) is 5.91 Å². The van der Waals surface area contributed by atoms with Crippen molar-refractivity contribution < 1.29 is 14.3 Å². The minimum Gasteiger partial charge on any atom is -0.489 e. The molecule has 1 atom stereocenters. The number of hydrogen-bond acceptors (Lipinski definition) is 7. The number of aromatic nitrogens is 2. The zero-order chi connectivity index (χ0) is 23.9. The molecule has 0 fully saturated rings. The Kier molecular flexibility index (Phi) is 5.18. The van der Waals surface area contributed by atoms with E-state index < -0.39 is 6.17 Å². The SMILES string of the molecule is NC1=NC(c2cccc(NC(=O)c3ccccc3Cl)c2)n2c(nc3cc4c(cc32)OCCCO4)N1. The maximum Gasteiger partial charge on any atom is 0.257 e. The number of imidazole rings is 1. The first-order valence-electron chi connectivity index (χ1n) is 11.1. The minimum absolute atomic E-state index is 0.248. The number of fused-ring (bicyclic) bond motifs is 4. The van der Waals surface area contributed by atoms with Crippen molar-refractivity contribution in [3.05, 3.63) is 76.8 Å². The normalized spacial score (nSPS) is 16.6. The van der Waals surface area contributed by atoms with E-state index in [-0.39, 0.29) is 11.9 Å². The minimum atomic E-state index is -0.502. The standard InChI is InChI=1S/C25H21ClN6O3/c26-17-8-2-1-7-16(17)23(33)28-15-6-3-5-14(11-15)22-30-24(27)31-25-29-18-12-20-21(13-19(18)32(22)25)35-10-4-9-34-20/h1-3,5-8,11-13,22H,4,9-10H2,(H,28,33)(H3,27,29,30,31). The van der Waals surface area contributed by atoms with E-state index in [0.717, 1.165) is 23.0 Å². The first-order chi connectivity index (χ1) is 17.1. The molecule has 2 aliphatic rings. The van der Waals surface area contributed by atoms with E-state index in [1.165, 1.54) is 0 Å². The number of aliphatic imine (C=N–C) groups is 1. The van der Waals surface area contributed by atoms with E-state index in [1.54, 1.807) is 24.3 Å². The second kappa shape index (κ2) is 8.52. The summed E-state index contributed by atoms with van der Waals surface area (Å²) in [5, 5.41) is 6.34. The van der Waals surface area contributed by atoms with E-state index in [9.17, 15) is 4.79 Å². The van der Waals surface area contributed by atoms with Gasteiger partial charge >= 0.3 is 0 Å². The molecular weight excluding hydrogens is 468 g/mol. The summed E-state index contributed by atoms with van der Waals surface area (Å²) in [6.07, 6.45) is 0.313. The molecular formula is C25H21ClN6O3. The lowest BCUT2D eigenvalue weighted by Crippen LogP contribution is -2.31. The predicted octanol–water partition coefficient (Wildman–Crippen LogP) is 4.39. The quantitative estimate of drug-likeness (QED) is 0.394. The Bertz CT molecular complexity index is 1500. The number of guanidine groups is 1. The number of hydrogen-bond donors (Lipinski definition) is 3. The fourth-order valence-corrected chi connectivity index (χ4v) is 4.49. The van der Waals surface area contributed by atoms with Gasteiger partial charge in [0.05, 0.1) is 34.8 Å². The van der Waals surface area contributed by atoms with Crippen molar-refractivity contribution in [2.75, 3.05) is 23.8 Å². The molecule has 1 amide bonds. The van der Waals surface area contributed by atoms with E-state index in [0.29, 0.717) is 46.9 Å². The van der Waals surface area contributed by atoms with Crippen LogP contribution in [0.2, 0.25) is 5.02 Å². The van der Waals surface area contributed by atoms with Crippen molar-refractivity contribution in [3.63, 3.8) is 0 Å². The van der Waals surface area contributed by atoms with Crippen molar-refractivity contribution in [2.45, 2.75) is 12.6 Å². The predicted molar refractivity (Wildman–Crippen MR) is 135 cm³/mol. The number of anilines is 2. The Hall–Kier alpha value is -4.24. The van der Waals surface area contributed by atoms with E-state index in [4.69, 9.17) is 31.8 Å². The number of halogens is 1. The van der Waals surface area contributed by atoms with Crippen LogP contribution in [0.4, 0.5) is 11.6 Å². The van der Waals surface area contributed by atoms with Crippen LogP contribution in [0.1, 0.15) is 28.5 Å². The Labute approximate surface area is 205 Å². The molecule has 4 N–H and O–H groups in total. The molecule has 0 spiro atoms. The molecule has 10 heteroatoms. The Balaban J connectivity index is 1.39. The highest BCUT2D eigenvalue weighted by Crippen LogP contribution is 2.39. The van der Waals surface area contributed by atoms with Crippen LogP contribution in [-0.2, 0) is 0 Å². The smallest absolute Gasteiger partial charge is 0.257 e. The number of rotatable bonds is 3. The second-order valence-electron chi connectivity index (χ2n) is 8.22. The Morgan fingerprint density at radius 2 is 1.89 bits per heavy atom.